The Labute approximate surface area is 145 Å². The summed E-state index contributed by atoms with van der Waals surface area (Å²) in [5, 5.41) is 3.07. The lowest BCUT2D eigenvalue weighted by molar-refractivity contribution is -0.119. The van der Waals surface area contributed by atoms with Gasteiger partial charge < -0.3 is 14.6 Å². The predicted molar refractivity (Wildman–Crippen MR) is 92.9 cm³/mol. The first-order valence-electron chi connectivity index (χ1n) is 8.01. The standard InChI is InChI=1S/C18H20N2O3S/c21-17(13-24-16-4-2-1-3-5-16)19-15-6-9-20(10-7-15)18(22)14-8-11-23-12-14/h1-5,8,11-12,15H,6-7,9-10,13H2,(H,19,21). The Morgan fingerprint density at radius 1 is 1.17 bits per heavy atom. The minimum absolute atomic E-state index is 0.00633. The van der Waals surface area contributed by atoms with E-state index in [4.69, 9.17) is 4.42 Å². The molecule has 2 aromatic rings. The molecular formula is C18H20N2O3S. The monoisotopic (exact) mass is 344 g/mol. The van der Waals surface area contributed by atoms with Crippen LogP contribution < -0.4 is 5.32 Å². The van der Waals surface area contributed by atoms with Gasteiger partial charge in [0.15, 0.2) is 0 Å². The SMILES string of the molecule is O=C(CSc1ccccc1)NC1CCN(C(=O)c2ccoc2)CC1. The quantitative estimate of drug-likeness (QED) is 0.847. The molecule has 0 unspecified atom stereocenters. The van der Waals surface area contributed by atoms with Gasteiger partial charge in [-0.1, -0.05) is 18.2 Å². The zero-order valence-electron chi connectivity index (χ0n) is 13.3. The first kappa shape index (κ1) is 16.6. The van der Waals surface area contributed by atoms with E-state index in [0.29, 0.717) is 24.4 Å². The van der Waals surface area contributed by atoms with Gasteiger partial charge in [-0.3, -0.25) is 9.59 Å². The molecule has 1 aliphatic heterocycles. The number of carbonyl (C=O) groups is 2. The van der Waals surface area contributed by atoms with Crippen molar-refractivity contribution in [3.63, 3.8) is 0 Å². The van der Waals surface area contributed by atoms with Crippen LogP contribution in [0.4, 0.5) is 0 Å². The van der Waals surface area contributed by atoms with Crippen molar-refractivity contribution in [3.05, 3.63) is 54.5 Å². The van der Waals surface area contributed by atoms with Crippen molar-refractivity contribution in [2.45, 2.75) is 23.8 Å². The van der Waals surface area contributed by atoms with E-state index < -0.39 is 0 Å². The van der Waals surface area contributed by atoms with E-state index in [0.717, 1.165) is 17.7 Å². The molecule has 126 valence electrons. The molecular weight excluding hydrogens is 324 g/mol. The molecule has 24 heavy (non-hydrogen) atoms. The lowest BCUT2D eigenvalue weighted by atomic mass is 10.0. The van der Waals surface area contributed by atoms with Crippen molar-refractivity contribution >= 4 is 23.6 Å². The average Bonchev–Trinajstić information content (AvgIpc) is 3.16. The molecule has 2 heterocycles. The number of hydrogen-bond acceptors (Lipinski definition) is 4. The molecule has 2 amide bonds. The Kier molecular flexibility index (Phi) is 5.59. The van der Waals surface area contributed by atoms with Crippen LogP contribution in [0.3, 0.4) is 0 Å². The van der Waals surface area contributed by atoms with Crippen LogP contribution in [0.1, 0.15) is 23.2 Å². The van der Waals surface area contributed by atoms with Gasteiger partial charge in [-0.05, 0) is 31.0 Å². The third kappa shape index (κ3) is 4.41. The maximum Gasteiger partial charge on any atom is 0.257 e. The van der Waals surface area contributed by atoms with Crippen LogP contribution in [-0.4, -0.2) is 41.6 Å². The van der Waals surface area contributed by atoms with E-state index in [1.165, 1.54) is 24.3 Å². The van der Waals surface area contributed by atoms with Gasteiger partial charge in [-0.15, -0.1) is 11.8 Å². The minimum Gasteiger partial charge on any atom is -0.472 e. The van der Waals surface area contributed by atoms with Crippen LogP contribution in [0.5, 0.6) is 0 Å². The fourth-order valence-electron chi connectivity index (χ4n) is 2.73. The summed E-state index contributed by atoms with van der Waals surface area (Å²) < 4.78 is 4.96. The third-order valence-electron chi connectivity index (χ3n) is 4.03. The number of carbonyl (C=O) groups excluding carboxylic acids is 2. The van der Waals surface area contributed by atoms with Gasteiger partial charge in [-0.25, -0.2) is 0 Å². The van der Waals surface area contributed by atoms with E-state index in [1.54, 1.807) is 6.07 Å². The number of furan rings is 1. The number of thioether (sulfide) groups is 1. The maximum atomic E-state index is 12.2. The second kappa shape index (κ2) is 8.06. The van der Waals surface area contributed by atoms with E-state index >= 15 is 0 Å². The number of likely N-dealkylation sites (tertiary alicyclic amines) is 1. The number of nitrogens with zero attached hydrogens (tertiary/aromatic N) is 1. The van der Waals surface area contributed by atoms with Crippen molar-refractivity contribution < 1.29 is 14.0 Å². The number of amides is 2. The maximum absolute atomic E-state index is 12.2. The summed E-state index contributed by atoms with van der Waals surface area (Å²) in [6, 6.07) is 11.7. The van der Waals surface area contributed by atoms with Crippen molar-refractivity contribution in [1.29, 1.82) is 0 Å². The van der Waals surface area contributed by atoms with Gasteiger partial charge in [0.05, 0.1) is 17.6 Å². The Bertz CT molecular complexity index is 665. The molecule has 6 heteroatoms. The Morgan fingerprint density at radius 2 is 1.92 bits per heavy atom. The molecule has 1 fully saturated rings. The lowest BCUT2D eigenvalue weighted by Gasteiger charge is -2.32. The second-order valence-electron chi connectivity index (χ2n) is 5.75. The van der Waals surface area contributed by atoms with Gasteiger partial charge in [0.1, 0.15) is 6.26 Å². The molecule has 1 aromatic carbocycles. The largest absolute Gasteiger partial charge is 0.472 e. The van der Waals surface area contributed by atoms with E-state index in [2.05, 4.69) is 5.32 Å². The number of nitrogens with one attached hydrogen (secondary N) is 1. The second-order valence-corrected chi connectivity index (χ2v) is 6.80. The Balaban J connectivity index is 1.40. The van der Waals surface area contributed by atoms with Crippen molar-refractivity contribution in [2.75, 3.05) is 18.8 Å². The fraction of sp³-hybridized carbons (Fsp3) is 0.333. The summed E-state index contributed by atoms with van der Waals surface area (Å²) in [4.78, 5) is 27.2. The zero-order chi connectivity index (χ0) is 16.8. The van der Waals surface area contributed by atoms with Crippen LogP contribution in [0.25, 0.3) is 0 Å². The average molecular weight is 344 g/mol. The first-order chi connectivity index (χ1) is 11.7. The minimum atomic E-state index is -0.00633. The first-order valence-corrected chi connectivity index (χ1v) is 8.99. The number of benzene rings is 1. The summed E-state index contributed by atoms with van der Waals surface area (Å²) in [5.41, 5.74) is 0.580. The van der Waals surface area contributed by atoms with Crippen LogP contribution in [0, 0.1) is 0 Å². The molecule has 0 saturated carbocycles. The van der Waals surface area contributed by atoms with Crippen LogP contribution >= 0.6 is 11.8 Å². The van der Waals surface area contributed by atoms with Crippen LogP contribution in [0.2, 0.25) is 0 Å². The van der Waals surface area contributed by atoms with E-state index in [9.17, 15) is 9.59 Å². The van der Waals surface area contributed by atoms with Crippen LogP contribution in [0.15, 0.2) is 58.2 Å². The Hall–Kier alpha value is -2.21. The summed E-state index contributed by atoms with van der Waals surface area (Å²) in [6.45, 7) is 1.31. The molecule has 1 aliphatic rings. The summed E-state index contributed by atoms with van der Waals surface area (Å²) in [6.07, 6.45) is 4.54. The van der Waals surface area contributed by atoms with Gasteiger partial charge in [0.25, 0.3) is 5.91 Å². The molecule has 3 rings (SSSR count). The highest BCUT2D eigenvalue weighted by atomic mass is 32.2. The normalized spacial score (nSPS) is 15.2. The summed E-state index contributed by atoms with van der Waals surface area (Å²) in [7, 11) is 0. The van der Waals surface area contributed by atoms with Crippen LogP contribution in [-0.2, 0) is 4.79 Å². The molecule has 0 bridgehead atoms. The van der Waals surface area contributed by atoms with Gasteiger partial charge in [-0.2, -0.15) is 0 Å². The fourth-order valence-corrected chi connectivity index (χ4v) is 3.46. The highest BCUT2D eigenvalue weighted by Gasteiger charge is 2.24. The van der Waals surface area contributed by atoms with Crippen molar-refractivity contribution in [2.24, 2.45) is 0 Å². The molecule has 1 N–H and O–H groups in total. The lowest BCUT2D eigenvalue weighted by Crippen LogP contribution is -2.46. The zero-order valence-corrected chi connectivity index (χ0v) is 14.1. The van der Waals surface area contributed by atoms with Gasteiger partial charge in [0, 0.05) is 24.0 Å². The molecule has 1 saturated heterocycles. The van der Waals surface area contributed by atoms with Gasteiger partial charge >= 0.3 is 0 Å². The van der Waals surface area contributed by atoms with Gasteiger partial charge in [0.2, 0.25) is 5.91 Å². The summed E-state index contributed by atoms with van der Waals surface area (Å²) >= 11 is 1.53. The molecule has 0 atom stereocenters. The number of piperidine rings is 1. The number of hydrogen-bond donors (Lipinski definition) is 1. The van der Waals surface area contributed by atoms with Crippen molar-refractivity contribution in [3.8, 4) is 0 Å². The summed E-state index contributed by atoms with van der Waals surface area (Å²) in [5.74, 6) is 0.453. The molecule has 0 spiro atoms. The topological polar surface area (TPSA) is 62.6 Å². The third-order valence-corrected chi connectivity index (χ3v) is 5.04. The number of rotatable bonds is 5. The Morgan fingerprint density at radius 3 is 2.58 bits per heavy atom. The smallest absolute Gasteiger partial charge is 0.257 e. The highest BCUT2D eigenvalue weighted by Crippen LogP contribution is 2.18. The molecule has 0 radical (unpaired) electrons. The predicted octanol–water partition coefficient (Wildman–Crippen LogP) is 2.79. The highest BCUT2D eigenvalue weighted by molar-refractivity contribution is 8.00. The van der Waals surface area contributed by atoms with Crippen molar-refractivity contribution in [1.82, 2.24) is 10.2 Å². The molecule has 5 nitrogen and oxygen atoms in total. The van der Waals surface area contributed by atoms with E-state index in [1.807, 2.05) is 35.2 Å². The van der Waals surface area contributed by atoms with E-state index in [-0.39, 0.29) is 17.9 Å². The molecule has 1 aromatic heterocycles. The molecule has 0 aliphatic carbocycles.